The second-order valence-electron chi connectivity index (χ2n) is 36.9. The summed E-state index contributed by atoms with van der Waals surface area (Å²) in [7, 11) is 0. The highest BCUT2D eigenvalue weighted by atomic mass is 15.0. The Bertz CT molecular complexity index is 9700. The van der Waals surface area contributed by atoms with E-state index in [-0.39, 0.29) is 0 Å². The van der Waals surface area contributed by atoms with Crippen LogP contribution in [-0.4, -0.2) is 22.8 Å². The van der Waals surface area contributed by atoms with Crippen LogP contribution in [0.25, 0.3) is 268 Å². The molecule has 0 bridgehead atoms. The SMILES string of the molecule is c1ccc(-c2ccc3c(c2)c2cc(-c4ccccc4)ccc2n3-c2ccc3ccc4ccccc4c3c2)cc1.c1ccc2c(c1)c1ccccc1c1cc(-c3cc(-n4c5ccccc5c5ccccc54)cc(-n4c5ccccc5c5ccccc54)c3)ccc21.c1ccc2c(c1)ccc1c3cc(-c4cc(-n5c6ccccc6c6ccccc65)cc(-n5c6ccccc6c6ccccc65)c4)ccc3ccc21. The van der Waals surface area contributed by atoms with Crippen LogP contribution in [0.3, 0.4) is 0 Å². The van der Waals surface area contributed by atoms with E-state index >= 15 is 0 Å². The maximum atomic E-state index is 2.44. The highest BCUT2D eigenvalue weighted by molar-refractivity contribution is 6.27. The standard InChI is InChI=1S/2C48H30N2.C38H25N/c1-2-12-37-31(11-1)23-26-39-38(37)25-24-32-21-22-33(29-44(32)39)34-27-35(49-45-17-7-3-13-40(45)41-14-4-8-18-46(41)49)30-36(28-34)50-47-19-9-5-15-42(47)43-16-6-10-20-48(43)50;1-2-15-37-35(13-1)36-14-3-4-16-38(36)44-29-31(25-26-39(37)44)32-27-33(49-45-21-9-5-17-40(45)41-18-6-10-22-46(41)49)30-34(28-32)50-47-23-11-7-19-42(47)43-20-8-12-24-48(43)50;1-3-9-26(10-4-1)30-18-21-37-35(23-30)36-24-31(27-11-5-2-6-12-27)19-22-38(36)39(37)32-20-17-29-16-15-28-13-7-8-14-33(28)34(29)25-32/h2*1-30H;1-25H. The summed E-state index contributed by atoms with van der Waals surface area (Å²) in [6, 6.07) is 189. The van der Waals surface area contributed by atoms with Gasteiger partial charge in [0.05, 0.1) is 55.2 Å². The summed E-state index contributed by atoms with van der Waals surface area (Å²) in [4.78, 5) is 0. The lowest BCUT2D eigenvalue weighted by atomic mass is 9.92. The summed E-state index contributed by atoms with van der Waals surface area (Å²) in [6.45, 7) is 0. The van der Waals surface area contributed by atoms with Crippen LogP contribution in [0.5, 0.6) is 0 Å². The van der Waals surface area contributed by atoms with Crippen molar-refractivity contribution < 1.29 is 0 Å². The Morgan fingerprint density at radius 1 is 0.0863 bits per heavy atom. The average Bonchev–Trinajstić information content (AvgIpc) is 1.64. The Hall–Kier alpha value is -18.4. The normalized spacial score (nSPS) is 11.9. The first-order chi connectivity index (χ1) is 68.9. The molecule has 0 atom stereocenters. The number of hydrogen-bond acceptors (Lipinski definition) is 0. The molecule has 0 radical (unpaired) electrons. The molecule has 25 aromatic carbocycles. The van der Waals surface area contributed by atoms with E-state index in [1.807, 2.05) is 0 Å². The van der Waals surface area contributed by atoms with Gasteiger partial charge in [-0.05, 0) is 264 Å². The molecule has 0 spiro atoms. The van der Waals surface area contributed by atoms with Gasteiger partial charge in [0.25, 0.3) is 0 Å². The molecule has 30 aromatic rings. The molecule has 0 saturated carbocycles. The summed E-state index contributed by atoms with van der Waals surface area (Å²) in [5.74, 6) is 0. The van der Waals surface area contributed by atoms with Gasteiger partial charge in [-0.1, -0.05) is 382 Å². The van der Waals surface area contributed by atoms with Crippen molar-refractivity contribution in [3.8, 4) is 72.9 Å². The molecular formula is C134H85N5. The molecule has 0 aliphatic rings. The molecule has 30 rings (SSSR count). The fourth-order valence-electron chi connectivity index (χ4n) is 23.0. The molecule has 0 unspecified atom stereocenters. The molecule has 5 nitrogen and oxygen atoms in total. The first kappa shape index (κ1) is 79.2. The minimum Gasteiger partial charge on any atom is -0.309 e. The van der Waals surface area contributed by atoms with Crippen LogP contribution >= 0.6 is 0 Å². The smallest absolute Gasteiger partial charge is 0.0541 e. The largest absolute Gasteiger partial charge is 0.309 e. The second kappa shape index (κ2) is 32.2. The van der Waals surface area contributed by atoms with E-state index < -0.39 is 0 Å². The molecule has 5 heteroatoms. The Balaban J connectivity index is 0.000000104. The molecule has 0 saturated heterocycles. The molecule has 0 aliphatic heterocycles. The van der Waals surface area contributed by atoms with Crippen molar-refractivity contribution in [2.24, 2.45) is 0 Å². The lowest BCUT2D eigenvalue weighted by molar-refractivity contribution is 1.13. The van der Waals surface area contributed by atoms with E-state index in [4.69, 9.17) is 0 Å². The summed E-state index contributed by atoms with van der Waals surface area (Å²) in [5.41, 5.74) is 27.5. The highest BCUT2D eigenvalue weighted by Gasteiger charge is 2.24. The first-order valence-electron chi connectivity index (χ1n) is 48.0. The number of rotatable bonds is 9. The van der Waals surface area contributed by atoms with Crippen molar-refractivity contribution in [3.05, 3.63) is 516 Å². The Morgan fingerprint density at radius 2 is 0.295 bits per heavy atom. The molecule has 646 valence electrons. The zero-order chi connectivity index (χ0) is 91.3. The van der Waals surface area contributed by atoms with Gasteiger partial charge in [-0.15, -0.1) is 0 Å². The molecule has 0 N–H and O–H groups in total. The molecule has 0 fully saturated rings. The number of aromatic nitrogens is 5. The van der Waals surface area contributed by atoms with Crippen molar-refractivity contribution in [2.75, 3.05) is 0 Å². The van der Waals surface area contributed by atoms with Crippen molar-refractivity contribution >= 4 is 195 Å². The second-order valence-corrected chi connectivity index (χ2v) is 36.9. The fourth-order valence-corrected chi connectivity index (χ4v) is 23.0. The van der Waals surface area contributed by atoms with Gasteiger partial charge in [-0.2, -0.15) is 0 Å². The van der Waals surface area contributed by atoms with Crippen molar-refractivity contribution in [3.63, 3.8) is 0 Å². The topological polar surface area (TPSA) is 24.6 Å². The van der Waals surface area contributed by atoms with Crippen molar-refractivity contribution in [1.29, 1.82) is 0 Å². The minimum atomic E-state index is 1.14. The van der Waals surface area contributed by atoms with E-state index in [9.17, 15) is 0 Å². The van der Waals surface area contributed by atoms with Crippen LogP contribution < -0.4 is 0 Å². The summed E-state index contributed by atoms with van der Waals surface area (Å²) in [5, 5.41) is 33.1. The van der Waals surface area contributed by atoms with Crippen LogP contribution in [0.2, 0.25) is 0 Å². The third-order valence-corrected chi connectivity index (χ3v) is 29.3. The summed E-state index contributed by atoms with van der Waals surface area (Å²) >= 11 is 0. The first-order valence-corrected chi connectivity index (χ1v) is 48.0. The lowest BCUT2D eigenvalue weighted by Crippen LogP contribution is -2.00. The van der Waals surface area contributed by atoms with E-state index in [0.717, 1.165) is 22.7 Å². The van der Waals surface area contributed by atoms with Crippen LogP contribution in [0.4, 0.5) is 0 Å². The van der Waals surface area contributed by atoms with Crippen LogP contribution in [0, 0.1) is 0 Å². The predicted molar refractivity (Wildman–Crippen MR) is 593 cm³/mol. The van der Waals surface area contributed by atoms with Crippen molar-refractivity contribution in [2.45, 2.75) is 0 Å². The zero-order valence-electron chi connectivity index (χ0n) is 75.8. The number of benzene rings is 25. The summed E-state index contributed by atoms with van der Waals surface area (Å²) in [6.07, 6.45) is 0. The van der Waals surface area contributed by atoms with Gasteiger partial charge in [0, 0.05) is 82.3 Å². The van der Waals surface area contributed by atoms with E-state index in [1.54, 1.807) is 0 Å². The molecule has 0 aliphatic carbocycles. The van der Waals surface area contributed by atoms with Crippen LogP contribution in [-0.2, 0) is 0 Å². The number of nitrogens with zero attached hydrogens (tertiary/aromatic N) is 5. The highest BCUT2D eigenvalue weighted by Crippen LogP contribution is 2.47. The van der Waals surface area contributed by atoms with Gasteiger partial charge in [0.1, 0.15) is 0 Å². The monoisotopic (exact) mass is 1760 g/mol. The van der Waals surface area contributed by atoms with Crippen molar-refractivity contribution in [1.82, 2.24) is 22.8 Å². The minimum absolute atomic E-state index is 1.14. The molecular weight excluding hydrogens is 1680 g/mol. The average molecular weight is 1770 g/mol. The predicted octanol–water partition coefficient (Wildman–Crippen LogP) is 36.4. The number of fused-ring (bicyclic) bond motifs is 29. The maximum absolute atomic E-state index is 2.44. The Morgan fingerprint density at radius 3 is 0.669 bits per heavy atom. The van der Waals surface area contributed by atoms with Gasteiger partial charge in [0.2, 0.25) is 0 Å². The third kappa shape index (κ3) is 12.9. The maximum Gasteiger partial charge on any atom is 0.0541 e. The van der Waals surface area contributed by atoms with Gasteiger partial charge in [-0.25, -0.2) is 0 Å². The Labute approximate surface area is 800 Å². The van der Waals surface area contributed by atoms with E-state index in [1.165, 1.54) is 245 Å². The van der Waals surface area contributed by atoms with E-state index in [2.05, 4.69) is 538 Å². The third-order valence-electron chi connectivity index (χ3n) is 29.3. The number of para-hydroxylation sites is 8. The molecule has 0 amide bonds. The van der Waals surface area contributed by atoms with Crippen LogP contribution in [0.15, 0.2) is 516 Å². The van der Waals surface area contributed by atoms with Gasteiger partial charge in [-0.3, -0.25) is 0 Å². The molecule has 5 aromatic heterocycles. The molecule has 5 heterocycles. The lowest BCUT2D eigenvalue weighted by Gasteiger charge is -2.17. The van der Waals surface area contributed by atoms with Gasteiger partial charge in [0.15, 0.2) is 0 Å². The molecule has 139 heavy (non-hydrogen) atoms. The zero-order valence-corrected chi connectivity index (χ0v) is 75.8. The fraction of sp³-hybridized carbons (Fsp3) is 0. The Kier molecular flexibility index (Phi) is 18.3. The van der Waals surface area contributed by atoms with Gasteiger partial charge < -0.3 is 22.8 Å². The van der Waals surface area contributed by atoms with E-state index in [0.29, 0.717) is 0 Å². The van der Waals surface area contributed by atoms with Crippen LogP contribution in [0.1, 0.15) is 0 Å². The summed E-state index contributed by atoms with van der Waals surface area (Å²) < 4.78 is 12.2. The quantitative estimate of drug-likeness (QED) is 0.129. The number of hydrogen-bond donors (Lipinski definition) is 0. The van der Waals surface area contributed by atoms with Gasteiger partial charge >= 0.3 is 0 Å².